The van der Waals surface area contributed by atoms with Crippen LogP contribution in [0.2, 0.25) is 5.02 Å². The molecule has 0 atom stereocenters. The molecule has 2 aromatic heterocycles. The van der Waals surface area contributed by atoms with E-state index in [1.54, 1.807) is 10.6 Å². The van der Waals surface area contributed by atoms with Crippen molar-refractivity contribution in [3.63, 3.8) is 0 Å². The highest BCUT2D eigenvalue weighted by atomic mass is 35.5. The first kappa shape index (κ1) is 18.1. The van der Waals surface area contributed by atoms with Gasteiger partial charge in [-0.05, 0) is 23.8 Å². The van der Waals surface area contributed by atoms with Crippen LogP contribution < -0.4 is 5.43 Å². The molecule has 0 saturated carbocycles. The van der Waals surface area contributed by atoms with Crippen molar-refractivity contribution in [1.82, 2.24) is 19.4 Å². The number of nitrogens with zero attached hydrogens (tertiary/aromatic N) is 4. The number of aromatic nitrogens is 3. The van der Waals surface area contributed by atoms with Crippen molar-refractivity contribution < 1.29 is 14.3 Å². The second-order valence-corrected chi connectivity index (χ2v) is 6.74. The van der Waals surface area contributed by atoms with Gasteiger partial charge < -0.3 is 14.6 Å². The van der Waals surface area contributed by atoms with Crippen molar-refractivity contribution in [3.05, 3.63) is 75.3 Å². The van der Waals surface area contributed by atoms with Gasteiger partial charge in [0.15, 0.2) is 11.4 Å². The molecule has 0 aliphatic carbocycles. The van der Waals surface area contributed by atoms with Crippen molar-refractivity contribution in [2.75, 3.05) is 6.54 Å². The molecule has 7 nitrogen and oxygen atoms in total. The van der Waals surface area contributed by atoms with E-state index in [-0.39, 0.29) is 22.8 Å². The van der Waals surface area contributed by atoms with Gasteiger partial charge in [-0.25, -0.2) is 14.4 Å². The maximum absolute atomic E-state index is 13.3. The molecule has 1 aliphatic rings. The van der Waals surface area contributed by atoms with Gasteiger partial charge in [0.05, 0.1) is 16.3 Å². The van der Waals surface area contributed by atoms with Crippen molar-refractivity contribution in [2.45, 2.75) is 13.1 Å². The molecule has 1 amide bonds. The van der Waals surface area contributed by atoms with Crippen LogP contribution in [0.25, 0.3) is 11.3 Å². The van der Waals surface area contributed by atoms with E-state index in [9.17, 15) is 19.1 Å². The van der Waals surface area contributed by atoms with Crippen LogP contribution in [-0.4, -0.2) is 37.0 Å². The minimum absolute atomic E-state index is 0.0316. The van der Waals surface area contributed by atoms with Crippen LogP contribution in [0.5, 0.6) is 5.75 Å². The van der Waals surface area contributed by atoms with Crippen LogP contribution in [0.3, 0.4) is 0 Å². The lowest BCUT2D eigenvalue weighted by molar-refractivity contribution is 0.0683. The summed E-state index contributed by atoms with van der Waals surface area (Å²) < 4.78 is 14.9. The zero-order chi connectivity index (χ0) is 19.8. The number of carbonyl (C=O) groups excluding carboxylic acids is 1. The Hall–Kier alpha value is -3.26. The molecule has 9 heteroatoms. The Balaban J connectivity index is 1.69. The summed E-state index contributed by atoms with van der Waals surface area (Å²) in [4.78, 5) is 34.8. The van der Waals surface area contributed by atoms with E-state index in [4.69, 9.17) is 11.6 Å². The number of hydrogen-bond donors (Lipinski definition) is 1. The average molecular weight is 401 g/mol. The summed E-state index contributed by atoms with van der Waals surface area (Å²) >= 11 is 5.80. The summed E-state index contributed by atoms with van der Waals surface area (Å²) in [7, 11) is 0. The predicted molar refractivity (Wildman–Crippen MR) is 99.5 cm³/mol. The number of halogens is 2. The summed E-state index contributed by atoms with van der Waals surface area (Å²) in [5, 5.41) is 10.4. The molecule has 0 saturated heterocycles. The number of benzene rings is 1. The molecule has 0 bridgehead atoms. The summed E-state index contributed by atoms with van der Waals surface area (Å²) in [5.41, 5.74) is 0.441. The maximum Gasteiger partial charge on any atom is 0.274 e. The molecular formula is C19H14ClFN4O3. The van der Waals surface area contributed by atoms with Gasteiger partial charge in [0.1, 0.15) is 12.1 Å². The summed E-state index contributed by atoms with van der Waals surface area (Å²) in [6.07, 6.45) is 4.31. The van der Waals surface area contributed by atoms with Crippen molar-refractivity contribution in [2.24, 2.45) is 0 Å². The Morgan fingerprint density at radius 1 is 1.21 bits per heavy atom. The zero-order valence-electron chi connectivity index (χ0n) is 14.5. The molecule has 1 N–H and O–H groups in total. The van der Waals surface area contributed by atoms with Gasteiger partial charge in [-0.3, -0.25) is 9.59 Å². The summed E-state index contributed by atoms with van der Waals surface area (Å²) in [6.45, 7) is 0.911. The standard InChI is InChI=1S/C19H14ClFN4O3/c20-13-7-11(1-2-14(13)21)8-25-6-5-24-9-12(15-3-4-22-10-23-15)17(26)18(27)16(24)19(25)28/h1-4,7,9-10,27H,5-6,8H2. The predicted octanol–water partition coefficient (Wildman–Crippen LogP) is 2.46. The van der Waals surface area contributed by atoms with Crippen LogP contribution in [0.15, 0.2) is 47.8 Å². The fourth-order valence-electron chi connectivity index (χ4n) is 3.17. The van der Waals surface area contributed by atoms with E-state index in [1.807, 2.05) is 0 Å². The van der Waals surface area contributed by atoms with Crippen molar-refractivity contribution >= 4 is 17.5 Å². The van der Waals surface area contributed by atoms with E-state index in [1.165, 1.54) is 41.8 Å². The molecule has 0 spiro atoms. The number of pyridine rings is 1. The molecule has 1 aromatic carbocycles. The summed E-state index contributed by atoms with van der Waals surface area (Å²) in [5.74, 6) is -1.65. The fourth-order valence-corrected chi connectivity index (χ4v) is 3.38. The number of aromatic hydroxyl groups is 1. The van der Waals surface area contributed by atoms with E-state index in [0.717, 1.165) is 0 Å². The van der Waals surface area contributed by atoms with Gasteiger partial charge in [0.25, 0.3) is 5.91 Å². The molecule has 28 heavy (non-hydrogen) atoms. The van der Waals surface area contributed by atoms with E-state index < -0.39 is 22.9 Å². The molecule has 0 fully saturated rings. The molecular weight excluding hydrogens is 387 g/mol. The van der Waals surface area contributed by atoms with E-state index in [0.29, 0.717) is 24.3 Å². The van der Waals surface area contributed by atoms with E-state index in [2.05, 4.69) is 9.97 Å². The Morgan fingerprint density at radius 3 is 2.75 bits per heavy atom. The third-order valence-corrected chi connectivity index (χ3v) is 4.86. The largest absolute Gasteiger partial charge is 0.503 e. The lowest BCUT2D eigenvalue weighted by Crippen LogP contribution is -2.41. The van der Waals surface area contributed by atoms with Gasteiger partial charge in [-0.2, -0.15) is 0 Å². The van der Waals surface area contributed by atoms with Gasteiger partial charge in [-0.1, -0.05) is 17.7 Å². The Kier molecular flexibility index (Phi) is 4.56. The SMILES string of the molecule is O=C1c2c(O)c(=O)c(-c3ccncn3)cn2CCN1Cc1ccc(F)c(Cl)c1. The normalized spacial score (nSPS) is 13.5. The second-order valence-electron chi connectivity index (χ2n) is 6.33. The van der Waals surface area contributed by atoms with Crippen LogP contribution in [0.1, 0.15) is 16.1 Å². The highest BCUT2D eigenvalue weighted by Crippen LogP contribution is 2.25. The molecule has 3 heterocycles. The van der Waals surface area contributed by atoms with Crippen molar-refractivity contribution in [1.29, 1.82) is 0 Å². The topological polar surface area (TPSA) is 88.3 Å². The first-order valence-corrected chi connectivity index (χ1v) is 8.79. The molecule has 0 radical (unpaired) electrons. The third kappa shape index (κ3) is 3.11. The third-order valence-electron chi connectivity index (χ3n) is 4.57. The van der Waals surface area contributed by atoms with Crippen LogP contribution in [0, 0.1) is 5.82 Å². The van der Waals surface area contributed by atoms with Gasteiger partial charge >= 0.3 is 0 Å². The highest BCUT2D eigenvalue weighted by molar-refractivity contribution is 6.30. The molecule has 0 unspecified atom stereocenters. The minimum atomic E-state index is -0.676. The number of hydrogen-bond acceptors (Lipinski definition) is 5. The van der Waals surface area contributed by atoms with Gasteiger partial charge in [-0.15, -0.1) is 0 Å². The zero-order valence-corrected chi connectivity index (χ0v) is 15.2. The molecule has 4 rings (SSSR count). The first-order chi connectivity index (χ1) is 13.5. The fraction of sp³-hybridized carbons (Fsp3) is 0.158. The maximum atomic E-state index is 13.3. The van der Waals surface area contributed by atoms with Gasteiger partial charge in [0, 0.05) is 32.0 Å². The van der Waals surface area contributed by atoms with Crippen LogP contribution >= 0.6 is 11.6 Å². The number of rotatable bonds is 3. The van der Waals surface area contributed by atoms with Crippen LogP contribution in [-0.2, 0) is 13.1 Å². The smallest absolute Gasteiger partial charge is 0.274 e. The van der Waals surface area contributed by atoms with E-state index >= 15 is 0 Å². The van der Waals surface area contributed by atoms with Gasteiger partial charge in [0.2, 0.25) is 5.43 Å². The molecule has 1 aliphatic heterocycles. The first-order valence-electron chi connectivity index (χ1n) is 8.41. The Bertz CT molecular complexity index is 1130. The second kappa shape index (κ2) is 7.05. The highest BCUT2D eigenvalue weighted by Gasteiger charge is 2.30. The number of carbonyl (C=O) groups is 1. The quantitative estimate of drug-likeness (QED) is 0.729. The number of fused-ring (bicyclic) bond motifs is 1. The Morgan fingerprint density at radius 2 is 2.04 bits per heavy atom. The average Bonchev–Trinajstić information content (AvgIpc) is 2.70. The van der Waals surface area contributed by atoms with Crippen LogP contribution in [0.4, 0.5) is 4.39 Å². The lowest BCUT2D eigenvalue weighted by atomic mass is 10.1. The molecule has 3 aromatic rings. The summed E-state index contributed by atoms with van der Waals surface area (Å²) in [6, 6.07) is 5.77. The number of amides is 1. The molecule has 142 valence electrons. The minimum Gasteiger partial charge on any atom is -0.503 e. The Labute approximate surface area is 163 Å². The monoisotopic (exact) mass is 400 g/mol. The van der Waals surface area contributed by atoms with Crippen molar-refractivity contribution in [3.8, 4) is 17.0 Å². The lowest BCUT2D eigenvalue weighted by Gasteiger charge is -2.30.